The number of benzene rings is 2. The molecule has 2 N–H and O–H groups in total. The maximum atomic E-state index is 13.2. The van der Waals surface area contributed by atoms with Crippen LogP contribution in [0.2, 0.25) is 0 Å². The van der Waals surface area contributed by atoms with Gasteiger partial charge in [0.15, 0.2) is 0 Å². The fourth-order valence-corrected chi connectivity index (χ4v) is 3.24. The summed E-state index contributed by atoms with van der Waals surface area (Å²) < 4.78 is 13.2. The van der Waals surface area contributed by atoms with Crippen molar-refractivity contribution in [2.75, 3.05) is 18.4 Å². The summed E-state index contributed by atoms with van der Waals surface area (Å²) in [7, 11) is 0. The molecule has 7 heteroatoms. The van der Waals surface area contributed by atoms with Crippen molar-refractivity contribution in [3.63, 3.8) is 0 Å². The summed E-state index contributed by atoms with van der Waals surface area (Å²) in [6.45, 7) is 3.87. The first-order valence-electron chi connectivity index (χ1n) is 11.0. The van der Waals surface area contributed by atoms with Crippen LogP contribution < -0.4 is 10.6 Å². The normalized spacial score (nSPS) is 10.5. The van der Waals surface area contributed by atoms with Crippen molar-refractivity contribution in [2.24, 2.45) is 0 Å². The van der Waals surface area contributed by atoms with Gasteiger partial charge in [0.1, 0.15) is 5.82 Å². The van der Waals surface area contributed by atoms with Gasteiger partial charge in [0.25, 0.3) is 0 Å². The number of nitrogens with zero attached hydrogens (tertiary/aromatic N) is 1. The lowest BCUT2D eigenvalue weighted by Crippen LogP contribution is -2.42. The standard InChI is InChI=1S/C25H32FN3O3/c1-3-4-5-6-10-25(32)29(17-20-11-13-21(26)14-12-20)18-24(31)27-16-23(30)28-22-9-7-8-19(2)15-22/h7-9,11-15H,3-6,10,16-18H2,1-2H3,(H,27,31)(H,28,30). The summed E-state index contributed by atoms with van der Waals surface area (Å²) in [5, 5.41) is 5.30. The number of amides is 3. The first-order valence-corrected chi connectivity index (χ1v) is 11.0. The second-order valence-corrected chi connectivity index (χ2v) is 7.88. The maximum absolute atomic E-state index is 13.2. The summed E-state index contributed by atoms with van der Waals surface area (Å²) in [6.07, 6.45) is 4.19. The van der Waals surface area contributed by atoms with E-state index in [2.05, 4.69) is 17.6 Å². The molecule has 0 bridgehead atoms. The molecule has 0 fully saturated rings. The summed E-state index contributed by atoms with van der Waals surface area (Å²) in [5.41, 5.74) is 2.41. The van der Waals surface area contributed by atoms with Gasteiger partial charge >= 0.3 is 0 Å². The van der Waals surface area contributed by atoms with E-state index in [1.807, 2.05) is 25.1 Å². The number of anilines is 1. The lowest BCUT2D eigenvalue weighted by molar-refractivity contribution is -0.137. The van der Waals surface area contributed by atoms with Crippen molar-refractivity contribution in [1.82, 2.24) is 10.2 Å². The zero-order chi connectivity index (χ0) is 23.3. The average molecular weight is 442 g/mol. The Bertz CT molecular complexity index is 900. The second kappa shape index (κ2) is 13.2. The number of aryl methyl sites for hydroxylation is 1. The van der Waals surface area contributed by atoms with Crippen molar-refractivity contribution in [3.8, 4) is 0 Å². The highest BCUT2D eigenvalue weighted by atomic mass is 19.1. The van der Waals surface area contributed by atoms with Crippen LogP contribution in [0.5, 0.6) is 0 Å². The van der Waals surface area contributed by atoms with Gasteiger partial charge < -0.3 is 15.5 Å². The van der Waals surface area contributed by atoms with E-state index in [1.165, 1.54) is 17.0 Å². The molecule has 0 aliphatic heterocycles. The fraction of sp³-hybridized carbons (Fsp3) is 0.400. The monoisotopic (exact) mass is 441 g/mol. The van der Waals surface area contributed by atoms with E-state index in [9.17, 15) is 18.8 Å². The summed E-state index contributed by atoms with van der Waals surface area (Å²) in [6, 6.07) is 13.2. The van der Waals surface area contributed by atoms with E-state index < -0.39 is 5.91 Å². The van der Waals surface area contributed by atoms with Gasteiger partial charge in [-0.15, -0.1) is 0 Å². The Morgan fingerprint density at radius 1 is 0.969 bits per heavy atom. The summed E-state index contributed by atoms with van der Waals surface area (Å²) in [4.78, 5) is 38.7. The number of halogens is 1. The summed E-state index contributed by atoms with van der Waals surface area (Å²) >= 11 is 0. The molecular formula is C25H32FN3O3. The highest BCUT2D eigenvalue weighted by Gasteiger charge is 2.18. The van der Waals surface area contributed by atoms with E-state index in [1.54, 1.807) is 18.2 Å². The van der Waals surface area contributed by atoms with Gasteiger partial charge in [0.05, 0.1) is 13.1 Å². The Morgan fingerprint density at radius 3 is 2.41 bits per heavy atom. The number of hydrogen-bond donors (Lipinski definition) is 2. The molecule has 2 aromatic rings. The van der Waals surface area contributed by atoms with E-state index in [4.69, 9.17) is 0 Å². The molecule has 2 aromatic carbocycles. The molecule has 0 aliphatic rings. The third kappa shape index (κ3) is 9.29. The van der Waals surface area contributed by atoms with Gasteiger partial charge in [0.2, 0.25) is 17.7 Å². The zero-order valence-electron chi connectivity index (χ0n) is 18.8. The Morgan fingerprint density at radius 2 is 1.72 bits per heavy atom. The number of hydrogen-bond acceptors (Lipinski definition) is 3. The Kier molecular flexibility index (Phi) is 10.4. The number of carbonyl (C=O) groups excluding carboxylic acids is 3. The molecule has 3 amide bonds. The first kappa shape index (κ1) is 25.0. The van der Waals surface area contributed by atoms with Crippen LogP contribution in [0.4, 0.5) is 10.1 Å². The second-order valence-electron chi connectivity index (χ2n) is 7.88. The maximum Gasteiger partial charge on any atom is 0.243 e. The molecule has 0 saturated carbocycles. The number of carbonyl (C=O) groups is 3. The molecule has 0 atom stereocenters. The smallest absolute Gasteiger partial charge is 0.243 e. The van der Waals surface area contributed by atoms with Crippen molar-refractivity contribution in [2.45, 2.75) is 52.5 Å². The van der Waals surface area contributed by atoms with Gasteiger partial charge in [-0.3, -0.25) is 14.4 Å². The van der Waals surface area contributed by atoms with E-state index in [0.717, 1.165) is 36.8 Å². The van der Waals surface area contributed by atoms with Crippen LogP contribution in [0.25, 0.3) is 0 Å². The van der Waals surface area contributed by atoms with Crippen LogP contribution in [-0.2, 0) is 20.9 Å². The molecule has 0 spiro atoms. The molecule has 0 unspecified atom stereocenters. The van der Waals surface area contributed by atoms with Crippen LogP contribution in [0.15, 0.2) is 48.5 Å². The van der Waals surface area contributed by atoms with Gasteiger partial charge in [-0.1, -0.05) is 50.5 Å². The molecule has 6 nitrogen and oxygen atoms in total. The molecule has 172 valence electrons. The quantitative estimate of drug-likeness (QED) is 0.485. The zero-order valence-corrected chi connectivity index (χ0v) is 18.8. The first-order chi connectivity index (χ1) is 15.4. The molecule has 32 heavy (non-hydrogen) atoms. The minimum Gasteiger partial charge on any atom is -0.345 e. The topological polar surface area (TPSA) is 78.5 Å². The summed E-state index contributed by atoms with van der Waals surface area (Å²) in [5.74, 6) is -1.26. The van der Waals surface area contributed by atoms with Crippen molar-refractivity contribution >= 4 is 23.4 Å². The van der Waals surface area contributed by atoms with Crippen LogP contribution in [0.3, 0.4) is 0 Å². The number of nitrogens with one attached hydrogen (secondary N) is 2. The largest absolute Gasteiger partial charge is 0.345 e. The molecule has 0 heterocycles. The Hall–Kier alpha value is -3.22. The third-order valence-corrected chi connectivity index (χ3v) is 4.97. The van der Waals surface area contributed by atoms with Crippen LogP contribution >= 0.6 is 0 Å². The van der Waals surface area contributed by atoms with Crippen molar-refractivity contribution in [1.29, 1.82) is 0 Å². The van der Waals surface area contributed by atoms with Gasteiger partial charge in [-0.05, 0) is 48.7 Å². The average Bonchev–Trinajstić information content (AvgIpc) is 2.76. The third-order valence-electron chi connectivity index (χ3n) is 4.97. The van der Waals surface area contributed by atoms with Gasteiger partial charge in [-0.25, -0.2) is 4.39 Å². The highest BCUT2D eigenvalue weighted by molar-refractivity contribution is 5.95. The Labute approximate surface area is 189 Å². The van der Waals surface area contributed by atoms with E-state index in [0.29, 0.717) is 12.1 Å². The predicted octanol–water partition coefficient (Wildman–Crippen LogP) is 4.19. The van der Waals surface area contributed by atoms with Crippen LogP contribution in [0, 0.1) is 12.7 Å². The number of rotatable bonds is 12. The van der Waals surface area contributed by atoms with Crippen LogP contribution in [0.1, 0.15) is 50.2 Å². The number of unbranched alkanes of at least 4 members (excludes halogenated alkanes) is 3. The molecule has 0 saturated heterocycles. The lowest BCUT2D eigenvalue weighted by atomic mass is 10.1. The van der Waals surface area contributed by atoms with Crippen LogP contribution in [-0.4, -0.2) is 35.7 Å². The lowest BCUT2D eigenvalue weighted by Gasteiger charge is -2.22. The molecular weight excluding hydrogens is 409 g/mol. The SMILES string of the molecule is CCCCCCC(=O)N(CC(=O)NCC(=O)Nc1cccc(C)c1)Cc1ccc(F)cc1. The highest BCUT2D eigenvalue weighted by Crippen LogP contribution is 2.11. The Balaban J connectivity index is 1.90. The molecule has 0 aliphatic carbocycles. The van der Waals surface area contributed by atoms with Gasteiger partial charge in [0, 0.05) is 18.7 Å². The van der Waals surface area contributed by atoms with E-state index >= 15 is 0 Å². The minimum absolute atomic E-state index is 0.134. The van der Waals surface area contributed by atoms with Crippen molar-refractivity contribution in [3.05, 3.63) is 65.5 Å². The fourth-order valence-electron chi connectivity index (χ4n) is 3.24. The van der Waals surface area contributed by atoms with E-state index in [-0.39, 0.29) is 37.3 Å². The molecule has 0 aromatic heterocycles. The molecule has 0 radical (unpaired) electrons. The predicted molar refractivity (Wildman–Crippen MR) is 123 cm³/mol. The molecule has 2 rings (SSSR count). The minimum atomic E-state index is -0.423. The van der Waals surface area contributed by atoms with Gasteiger partial charge in [-0.2, -0.15) is 0 Å². The van der Waals surface area contributed by atoms with Crippen molar-refractivity contribution < 1.29 is 18.8 Å².